The molecular formula is C16H28O2Si. The van der Waals surface area contributed by atoms with E-state index in [-0.39, 0.29) is 0 Å². The number of rotatable bonds is 7. The van der Waals surface area contributed by atoms with Gasteiger partial charge in [-0.2, -0.15) is 0 Å². The van der Waals surface area contributed by atoms with Crippen LogP contribution >= 0.6 is 0 Å². The van der Waals surface area contributed by atoms with E-state index in [1.54, 1.807) is 12.5 Å². The van der Waals surface area contributed by atoms with Crippen LogP contribution in [0.4, 0.5) is 0 Å². The van der Waals surface area contributed by atoms with E-state index in [9.17, 15) is 0 Å². The predicted molar refractivity (Wildman–Crippen MR) is 84.7 cm³/mol. The van der Waals surface area contributed by atoms with Gasteiger partial charge in [-0.3, -0.25) is 0 Å². The minimum Gasteiger partial charge on any atom is -0.472 e. The van der Waals surface area contributed by atoms with Gasteiger partial charge in [-0.05, 0) is 43.5 Å². The van der Waals surface area contributed by atoms with Gasteiger partial charge in [0.1, 0.15) is 0 Å². The predicted octanol–water partition coefficient (Wildman–Crippen LogP) is 5.48. The lowest BCUT2D eigenvalue weighted by Gasteiger charge is -2.36. The highest BCUT2D eigenvalue weighted by Crippen LogP contribution is 2.36. The SMILES string of the molecule is CC(C)(C)[Si](C)(C)OCCCC/C=C\c1ccoc1. The van der Waals surface area contributed by atoms with Crippen molar-refractivity contribution in [3.05, 3.63) is 30.2 Å². The molecule has 0 aliphatic carbocycles. The topological polar surface area (TPSA) is 22.4 Å². The van der Waals surface area contributed by atoms with Crippen molar-refractivity contribution in [3.8, 4) is 0 Å². The third-order valence-corrected chi connectivity index (χ3v) is 8.43. The molecule has 1 aromatic heterocycles. The van der Waals surface area contributed by atoms with E-state index in [0.717, 1.165) is 25.0 Å². The normalized spacial score (nSPS) is 13.3. The van der Waals surface area contributed by atoms with Crippen LogP contribution in [0.1, 0.15) is 45.6 Å². The fourth-order valence-electron chi connectivity index (χ4n) is 1.50. The molecule has 1 aromatic rings. The molecule has 0 saturated heterocycles. The Bertz CT molecular complexity index is 372. The van der Waals surface area contributed by atoms with Crippen molar-refractivity contribution in [1.82, 2.24) is 0 Å². The number of unbranched alkanes of at least 4 members (excludes halogenated alkanes) is 2. The minimum atomic E-state index is -1.55. The first-order valence-corrected chi connectivity index (χ1v) is 10.1. The van der Waals surface area contributed by atoms with Crippen LogP contribution in [0.3, 0.4) is 0 Å². The molecule has 0 aromatic carbocycles. The quantitative estimate of drug-likeness (QED) is 0.487. The number of furan rings is 1. The second-order valence-electron chi connectivity index (χ2n) is 6.56. The fourth-order valence-corrected chi connectivity index (χ4v) is 2.58. The Hall–Kier alpha value is -0.803. The maximum atomic E-state index is 6.15. The van der Waals surface area contributed by atoms with Crippen molar-refractivity contribution in [3.63, 3.8) is 0 Å². The van der Waals surface area contributed by atoms with Gasteiger partial charge in [-0.15, -0.1) is 0 Å². The van der Waals surface area contributed by atoms with Crippen LogP contribution in [0.5, 0.6) is 0 Å². The summed E-state index contributed by atoms with van der Waals surface area (Å²) in [6.07, 6.45) is 11.2. The molecule has 0 N–H and O–H groups in total. The maximum absolute atomic E-state index is 6.15. The summed E-state index contributed by atoms with van der Waals surface area (Å²) in [6.45, 7) is 12.4. The molecule has 0 bridgehead atoms. The Labute approximate surface area is 119 Å². The van der Waals surface area contributed by atoms with Gasteiger partial charge in [-0.25, -0.2) is 0 Å². The average molecular weight is 280 g/mol. The summed E-state index contributed by atoms with van der Waals surface area (Å²) in [6, 6.07) is 1.97. The third-order valence-electron chi connectivity index (χ3n) is 3.89. The summed E-state index contributed by atoms with van der Waals surface area (Å²) < 4.78 is 11.2. The van der Waals surface area contributed by atoms with Gasteiger partial charge in [0.15, 0.2) is 8.32 Å². The van der Waals surface area contributed by atoms with E-state index in [1.165, 1.54) is 6.42 Å². The highest BCUT2D eigenvalue weighted by molar-refractivity contribution is 6.74. The molecule has 3 heteroatoms. The number of hydrogen-bond acceptors (Lipinski definition) is 2. The standard InChI is InChI=1S/C16H28O2Si/c1-16(2,3)19(4,5)18-12-9-7-6-8-10-15-11-13-17-14-15/h8,10-11,13-14H,6-7,9,12H2,1-5H3/b10-8-. The van der Waals surface area contributed by atoms with Gasteiger partial charge >= 0.3 is 0 Å². The average Bonchev–Trinajstić information content (AvgIpc) is 2.79. The van der Waals surface area contributed by atoms with E-state index in [2.05, 4.69) is 46.0 Å². The lowest BCUT2D eigenvalue weighted by atomic mass is 10.2. The molecule has 0 unspecified atom stereocenters. The highest BCUT2D eigenvalue weighted by Gasteiger charge is 2.36. The van der Waals surface area contributed by atoms with Crippen LogP contribution in [0.2, 0.25) is 18.1 Å². The van der Waals surface area contributed by atoms with Crippen LogP contribution < -0.4 is 0 Å². The van der Waals surface area contributed by atoms with Crippen molar-refractivity contribution < 1.29 is 8.84 Å². The molecule has 19 heavy (non-hydrogen) atoms. The lowest BCUT2D eigenvalue weighted by Crippen LogP contribution is -2.40. The zero-order chi connectivity index (χ0) is 14.4. The molecule has 1 rings (SSSR count). The molecule has 108 valence electrons. The van der Waals surface area contributed by atoms with Crippen LogP contribution in [-0.4, -0.2) is 14.9 Å². The molecular weight excluding hydrogens is 252 g/mol. The van der Waals surface area contributed by atoms with Crippen molar-refractivity contribution in [1.29, 1.82) is 0 Å². The second-order valence-corrected chi connectivity index (χ2v) is 11.4. The Balaban J connectivity index is 2.12. The van der Waals surface area contributed by atoms with Crippen LogP contribution in [0.15, 0.2) is 29.1 Å². The van der Waals surface area contributed by atoms with Gasteiger partial charge in [0.2, 0.25) is 0 Å². The van der Waals surface area contributed by atoms with Crippen LogP contribution in [0.25, 0.3) is 6.08 Å². The molecule has 0 spiro atoms. The van der Waals surface area contributed by atoms with E-state index < -0.39 is 8.32 Å². The van der Waals surface area contributed by atoms with E-state index in [1.807, 2.05) is 6.07 Å². The monoisotopic (exact) mass is 280 g/mol. The van der Waals surface area contributed by atoms with Crippen molar-refractivity contribution in [2.24, 2.45) is 0 Å². The van der Waals surface area contributed by atoms with E-state index >= 15 is 0 Å². The Morgan fingerprint density at radius 2 is 2.00 bits per heavy atom. The fraction of sp³-hybridized carbons (Fsp3) is 0.625. The lowest BCUT2D eigenvalue weighted by molar-refractivity contribution is 0.279. The molecule has 0 amide bonds. The summed E-state index contributed by atoms with van der Waals surface area (Å²) in [5, 5.41) is 0.314. The first kappa shape index (κ1) is 16.3. The summed E-state index contributed by atoms with van der Waals surface area (Å²) in [5.41, 5.74) is 1.14. The molecule has 0 atom stereocenters. The van der Waals surface area contributed by atoms with Gasteiger partial charge in [-0.1, -0.05) is 32.9 Å². The zero-order valence-electron chi connectivity index (χ0n) is 13.0. The van der Waals surface area contributed by atoms with Gasteiger partial charge in [0.05, 0.1) is 12.5 Å². The molecule has 1 heterocycles. The minimum absolute atomic E-state index is 0.314. The number of allylic oxidation sites excluding steroid dienone is 1. The highest BCUT2D eigenvalue weighted by atomic mass is 28.4. The molecule has 0 fully saturated rings. The summed E-state index contributed by atoms with van der Waals surface area (Å²) >= 11 is 0. The first-order chi connectivity index (χ1) is 8.83. The second kappa shape index (κ2) is 7.11. The first-order valence-electron chi connectivity index (χ1n) is 7.16. The Morgan fingerprint density at radius 3 is 2.58 bits per heavy atom. The largest absolute Gasteiger partial charge is 0.472 e. The van der Waals surface area contributed by atoms with E-state index in [4.69, 9.17) is 8.84 Å². The molecule has 0 aliphatic heterocycles. The molecule has 0 aliphatic rings. The van der Waals surface area contributed by atoms with Gasteiger partial charge < -0.3 is 8.84 Å². The van der Waals surface area contributed by atoms with Crippen molar-refractivity contribution in [2.45, 2.75) is 58.2 Å². The smallest absolute Gasteiger partial charge is 0.191 e. The van der Waals surface area contributed by atoms with Crippen LogP contribution in [-0.2, 0) is 4.43 Å². The zero-order valence-corrected chi connectivity index (χ0v) is 14.0. The van der Waals surface area contributed by atoms with Gasteiger partial charge in [0.25, 0.3) is 0 Å². The van der Waals surface area contributed by atoms with E-state index in [0.29, 0.717) is 5.04 Å². The summed E-state index contributed by atoms with van der Waals surface area (Å²) in [4.78, 5) is 0. The van der Waals surface area contributed by atoms with Crippen LogP contribution in [0, 0.1) is 0 Å². The number of hydrogen-bond donors (Lipinski definition) is 0. The molecule has 0 saturated carbocycles. The van der Waals surface area contributed by atoms with Gasteiger partial charge in [0, 0.05) is 12.2 Å². The maximum Gasteiger partial charge on any atom is 0.191 e. The molecule has 0 radical (unpaired) electrons. The Morgan fingerprint density at radius 1 is 1.26 bits per heavy atom. The summed E-state index contributed by atoms with van der Waals surface area (Å²) in [5.74, 6) is 0. The summed E-state index contributed by atoms with van der Waals surface area (Å²) in [7, 11) is -1.55. The van der Waals surface area contributed by atoms with Crippen molar-refractivity contribution >= 4 is 14.4 Å². The van der Waals surface area contributed by atoms with Crippen molar-refractivity contribution in [2.75, 3.05) is 6.61 Å². The third kappa shape index (κ3) is 5.79. The molecule has 2 nitrogen and oxygen atoms in total. The Kier molecular flexibility index (Phi) is 6.08.